The smallest absolute Gasteiger partial charge is 0.0792 e. The molecular weight excluding hydrogens is 281 g/mol. The summed E-state index contributed by atoms with van der Waals surface area (Å²) in [6.45, 7) is 1.23. The normalized spacial score (nSPS) is 14.7. The van der Waals surface area contributed by atoms with Crippen LogP contribution in [0, 0.1) is 0 Å². The number of nitrogens with two attached hydrogens (primary N) is 1. The molecule has 5 heteroatoms. The number of hydrazine groups is 1. The van der Waals surface area contributed by atoms with Crippen LogP contribution in [0.1, 0.15) is 11.1 Å². The number of nitrogen functional groups attached to an aromatic ring is 1. The molecule has 0 aliphatic carbocycles. The van der Waals surface area contributed by atoms with Gasteiger partial charge in [-0.15, -0.1) is 4.53 Å². The molecule has 0 saturated heterocycles. The van der Waals surface area contributed by atoms with Gasteiger partial charge in [0.15, 0.2) is 0 Å². The average Bonchev–Trinajstić information content (AvgIpc) is 2.74. The van der Waals surface area contributed by atoms with E-state index in [9.17, 15) is 0 Å². The van der Waals surface area contributed by atoms with Crippen molar-refractivity contribution >= 4 is 34.8 Å². The number of hydrogen-bond acceptors (Lipinski definition) is 3. The van der Waals surface area contributed by atoms with E-state index in [1.807, 2.05) is 35.3 Å². The molecule has 0 aromatic heterocycles. The molecule has 0 amide bonds. The molecule has 3 rings (SSSR count). The van der Waals surface area contributed by atoms with Crippen LogP contribution in [-0.2, 0) is 13.1 Å². The number of hydrogen-bond donors (Lipinski definition) is 1. The third-order valence-electron chi connectivity index (χ3n) is 3.25. The summed E-state index contributed by atoms with van der Waals surface area (Å²) in [4.78, 5) is 0. The zero-order valence-electron chi connectivity index (χ0n) is 10.2. The van der Waals surface area contributed by atoms with Crippen molar-refractivity contribution in [1.29, 1.82) is 0 Å². The summed E-state index contributed by atoms with van der Waals surface area (Å²) < 4.78 is 1.62. The molecule has 2 N–H and O–H groups in total. The second-order valence-electron chi connectivity index (χ2n) is 4.50. The van der Waals surface area contributed by atoms with Gasteiger partial charge in [0.25, 0.3) is 0 Å². The number of fused-ring (bicyclic) bond motifs is 1. The lowest BCUT2D eigenvalue weighted by molar-refractivity contribution is 0.441. The lowest BCUT2D eigenvalue weighted by Crippen LogP contribution is -2.29. The van der Waals surface area contributed by atoms with Crippen molar-refractivity contribution in [2.45, 2.75) is 13.1 Å². The van der Waals surface area contributed by atoms with Gasteiger partial charge in [0, 0.05) is 23.0 Å². The third kappa shape index (κ3) is 2.25. The zero-order chi connectivity index (χ0) is 13.4. The Balaban J connectivity index is 1.99. The van der Waals surface area contributed by atoms with E-state index < -0.39 is 0 Å². The standard InChI is InChI=1S/C14H13Cl2N3/c15-12-6-7-13(17)11-9-19(16)18(14(11)12)8-10-4-2-1-3-5-10/h1-7H,8-9,17H2. The van der Waals surface area contributed by atoms with Crippen LogP contribution in [0.25, 0.3) is 0 Å². The molecule has 1 aliphatic heterocycles. The first-order valence-corrected chi connectivity index (χ1v) is 6.70. The predicted octanol–water partition coefficient (Wildman–Crippen LogP) is 3.81. The van der Waals surface area contributed by atoms with E-state index in [2.05, 4.69) is 12.1 Å². The van der Waals surface area contributed by atoms with Crippen LogP contribution >= 0.6 is 23.4 Å². The summed E-state index contributed by atoms with van der Waals surface area (Å²) in [5, 5.41) is 2.62. The maximum absolute atomic E-state index is 6.29. The van der Waals surface area contributed by atoms with Crippen molar-refractivity contribution in [3.63, 3.8) is 0 Å². The highest BCUT2D eigenvalue weighted by Gasteiger charge is 2.30. The highest BCUT2D eigenvalue weighted by Crippen LogP contribution is 2.42. The molecule has 2 aromatic rings. The van der Waals surface area contributed by atoms with Crippen LogP contribution in [0.5, 0.6) is 0 Å². The molecule has 19 heavy (non-hydrogen) atoms. The Morgan fingerprint density at radius 1 is 1.11 bits per heavy atom. The molecule has 0 spiro atoms. The first kappa shape index (κ1) is 12.6. The average molecular weight is 294 g/mol. The Bertz CT molecular complexity index is 601. The molecule has 0 saturated carbocycles. The van der Waals surface area contributed by atoms with Gasteiger partial charge in [0.05, 0.1) is 23.8 Å². The van der Waals surface area contributed by atoms with Crippen molar-refractivity contribution in [2.24, 2.45) is 0 Å². The van der Waals surface area contributed by atoms with E-state index >= 15 is 0 Å². The molecule has 0 unspecified atom stereocenters. The maximum Gasteiger partial charge on any atom is 0.0792 e. The summed E-state index contributed by atoms with van der Waals surface area (Å²) in [6, 6.07) is 13.7. The lowest BCUT2D eigenvalue weighted by atomic mass is 10.1. The third-order valence-corrected chi connectivity index (χ3v) is 3.86. The van der Waals surface area contributed by atoms with E-state index in [1.54, 1.807) is 4.53 Å². The van der Waals surface area contributed by atoms with Gasteiger partial charge in [-0.05, 0) is 17.7 Å². The van der Waals surface area contributed by atoms with E-state index in [4.69, 9.17) is 29.1 Å². The quantitative estimate of drug-likeness (QED) is 0.675. The highest BCUT2D eigenvalue weighted by molar-refractivity contribution is 6.34. The van der Waals surface area contributed by atoms with Gasteiger partial charge in [-0.2, -0.15) is 0 Å². The molecule has 0 fully saturated rings. The second-order valence-corrected chi connectivity index (χ2v) is 5.30. The van der Waals surface area contributed by atoms with Crippen LogP contribution in [-0.4, -0.2) is 4.53 Å². The molecule has 98 valence electrons. The molecule has 3 nitrogen and oxygen atoms in total. The van der Waals surface area contributed by atoms with Crippen molar-refractivity contribution in [3.05, 3.63) is 58.6 Å². The molecule has 0 atom stereocenters. The van der Waals surface area contributed by atoms with Gasteiger partial charge < -0.3 is 5.73 Å². The van der Waals surface area contributed by atoms with Crippen molar-refractivity contribution < 1.29 is 0 Å². The monoisotopic (exact) mass is 293 g/mol. The van der Waals surface area contributed by atoms with Crippen LogP contribution in [0.3, 0.4) is 0 Å². The van der Waals surface area contributed by atoms with Gasteiger partial charge in [-0.25, -0.2) is 0 Å². The van der Waals surface area contributed by atoms with Crippen molar-refractivity contribution in [1.82, 2.24) is 4.53 Å². The van der Waals surface area contributed by atoms with E-state index in [-0.39, 0.29) is 0 Å². The fraction of sp³-hybridized carbons (Fsp3) is 0.143. The number of benzene rings is 2. The van der Waals surface area contributed by atoms with Crippen LogP contribution < -0.4 is 10.7 Å². The van der Waals surface area contributed by atoms with Gasteiger partial charge in [-0.3, -0.25) is 5.01 Å². The van der Waals surface area contributed by atoms with Crippen LogP contribution in [0.4, 0.5) is 11.4 Å². The Morgan fingerprint density at radius 3 is 2.58 bits per heavy atom. The van der Waals surface area contributed by atoms with E-state index in [0.717, 1.165) is 16.9 Å². The van der Waals surface area contributed by atoms with E-state index in [0.29, 0.717) is 18.1 Å². The maximum atomic E-state index is 6.29. The summed E-state index contributed by atoms with van der Waals surface area (Å²) in [5.74, 6) is 0. The number of rotatable bonds is 2. The molecular formula is C14H13Cl2N3. The minimum absolute atomic E-state index is 0.566. The zero-order valence-corrected chi connectivity index (χ0v) is 11.7. The first-order chi connectivity index (χ1) is 9.16. The SMILES string of the molecule is Nc1ccc(Cl)c2c1CN(Cl)N2Cc1ccccc1. The van der Waals surface area contributed by atoms with Gasteiger partial charge in [0.1, 0.15) is 0 Å². The van der Waals surface area contributed by atoms with Gasteiger partial charge in [0.2, 0.25) is 0 Å². The molecule has 2 aromatic carbocycles. The van der Waals surface area contributed by atoms with Crippen molar-refractivity contribution in [2.75, 3.05) is 10.7 Å². The lowest BCUT2D eigenvalue weighted by Gasteiger charge is -2.25. The summed E-state index contributed by atoms with van der Waals surface area (Å²) >= 11 is 12.6. The fourth-order valence-corrected chi connectivity index (χ4v) is 2.83. The molecule has 1 heterocycles. The molecule has 0 radical (unpaired) electrons. The van der Waals surface area contributed by atoms with Gasteiger partial charge >= 0.3 is 0 Å². The van der Waals surface area contributed by atoms with Crippen LogP contribution in [0.2, 0.25) is 5.02 Å². The summed E-state index contributed by atoms with van der Waals surface area (Å²) in [6.07, 6.45) is 0. The Morgan fingerprint density at radius 2 is 1.84 bits per heavy atom. The first-order valence-electron chi connectivity index (χ1n) is 5.98. The highest BCUT2D eigenvalue weighted by atomic mass is 35.5. The fourth-order valence-electron chi connectivity index (χ4n) is 2.31. The number of nitrogens with zero attached hydrogens (tertiary/aromatic N) is 2. The minimum atomic E-state index is 0.566. The Kier molecular flexibility index (Phi) is 3.27. The summed E-state index contributed by atoms with van der Waals surface area (Å²) in [5.41, 5.74) is 9.76. The minimum Gasteiger partial charge on any atom is -0.398 e. The Hall–Kier alpha value is -1.42. The van der Waals surface area contributed by atoms with E-state index in [1.165, 1.54) is 5.56 Å². The van der Waals surface area contributed by atoms with Crippen molar-refractivity contribution in [3.8, 4) is 0 Å². The molecule has 0 bridgehead atoms. The predicted molar refractivity (Wildman–Crippen MR) is 79.9 cm³/mol. The molecule has 1 aliphatic rings. The Labute approximate surface area is 122 Å². The largest absolute Gasteiger partial charge is 0.398 e. The van der Waals surface area contributed by atoms with Crippen LogP contribution in [0.15, 0.2) is 42.5 Å². The number of halogens is 2. The topological polar surface area (TPSA) is 32.5 Å². The second kappa shape index (κ2) is 4.93. The summed E-state index contributed by atoms with van der Waals surface area (Å²) in [7, 11) is 0. The number of anilines is 2. The van der Waals surface area contributed by atoms with Gasteiger partial charge in [-0.1, -0.05) is 41.9 Å².